The zero-order valence-corrected chi connectivity index (χ0v) is 26.8. The van der Waals surface area contributed by atoms with Crippen LogP contribution >= 0.6 is 0 Å². The van der Waals surface area contributed by atoms with Crippen molar-refractivity contribution >= 4 is 40.0 Å². The molecule has 35 heavy (non-hydrogen) atoms. The second-order valence-electron chi connectivity index (χ2n) is 13.5. The molecule has 2 aliphatic heterocycles. The lowest BCUT2D eigenvalue weighted by atomic mass is 9.88. The number of allylic oxidation sites excluding steroid dienone is 2. The van der Waals surface area contributed by atoms with E-state index < -0.39 is 45.0 Å². The minimum Gasteiger partial charge on any atom is -0.477 e. The zero-order valence-electron chi connectivity index (χ0n) is 23.0. The van der Waals surface area contributed by atoms with Gasteiger partial charge in [0.25, 0.3) is 0 Å². The molecule has 2 atom stereocenters. The largest absolute Gasteiger partial charge is 0.477 e. The Balaban J connectivity index is 2.10. The van der Waals surface area contributed by atoms with E-state index in [2.05, 4.69) is 65.0 Å². The van der Waals surface area contributed by atoms with Crippen molar-refractivity contribution in [3.8, 4) is 0 Å². The van der Waals surface area contributed by atoms with Crippen molar-refractivity contribution in [1.29, 1.82) is 0 Å². The van der Waals surface area contributed by atoms with E-state index in [1.165, 1.54) is 0 Å². The molecule has 1 spiro atoms. The molecule has 1 aromatic carbocycles. The molecular weight excluding hydrogens is 507 g/mol. The molecule has 192 valence electrons. The Morgan fingerprint density at radius 2 is 1.49 bits per heavy atom. The Hall–Kier alpha value is -1.27. The third-order valence-electron chi connectivity index (χ3n) is 8.05. The van der Waals surface area contributed by atoms with E-state index in [1.807, 2.05) is 19.1 Å². The predicted molar refractivity (Wildman–Crippen MR) is 151 cm³/mol. The molecule has 2 heterocycles. The summed E-state index contributed by atoms with van der Waals surface area (Å²) in [6, 6.07) is 7.05. The number of sulfonamides is 1. The van der Waals surface area contributed by atoms with Crippen molar-refractivity contribution in [1.82, 2.24) is 4.31 Å². The van der Waals surface area contributed by atoms with E-state index in [4.69, 9.17) is 4.74 Å². The highest BCUT2D eigenvalue weighted by Crippen LogP contribution is 2.70. The van der Waals surface area contributed by atoms with Crippen LogP contribution in [0.2, 0.25) is 64.0 Å². The quantitative estimate of drug-likeness (QED) is 0.418. The number of carbonyl (C=O) groups excluding carboxylic acids is 1. The number of hydrogen-bond donors (Lipinski definition) is 0. The van der Waals surface area contributed by atoms with Gasteiger partial charge in [0.1, 0.15) is 8.07 Å². The van der Waals surface area contributed by atoms with Crippen molar-refractivity contribution in [2.75, 3.05) is 6.54 Å². The van der Waals surface area contributed by atoms with Crippen molar-refractivity contribution in [2.45, 2.75) is 94.3 Å². The molecule has 0 aromatic heterocycles. The van der Waals surface area contributed by atoms with Crippen LogP contribution in [-0.4, -0.2) is 55.0 Å². The van der Waals surface area contributed by atoms with Crippen LogP contribution in [0.5, 0.6) is 0 Å². The van der Waals surface area contributed by atoms with Crippen LogP contribution in [-0.2, 0) is 19.6 Å². The highest BCUT2D eigenvalue weighted by molar-refractivity contribution is 7.89. The van der Waals surface area contributed by atoms with Gasteiger partial charge in [-0.25, -0.2) is 8.42 Å². The maximum absolute atomic E-state index is 14.7. The van der Waals surface area contributed by atoms with Crippen LogP contribution in [0.1, 0.15) is 18.4 Å². The van der Waals surface area contributed by atoms with Crippen LogP contribution in [0.25, 0.3) is 0 Å². The summed E-state index contributed by atoms with van der Waals surface area (Å²) in [6.07, 6.45) is 3.26. The minimum absolute atomic E-state index is 0.167. The summed E-state index contributed by atoms with van der Waals surface area (Å²) in [5.41, 5.74) is 0.720. The number of hydrogen-bond acceptors (Lipinski definition) is 4. The second-order valence-corrected chi connectivity index (χ2v) is 30.7. The summed E-state index contributed by atoms with van der Waals surface area (Å²) >= 11 is 0. The fraction of sp³-hybridized carbons (Fsp3) is 0.577. The third-order valence-corrected chi connectivity index (χ3v) is 17.1. The van der Waals surface area contributed by atoms with E-state index >= 15 is 0 Å². The molecule has 0 bridgehead atoms. The van der Waals surface area contributed by atoms with E-state index in [0.717, 1.165) is 21.7 Å². The van der Waals surface area contributed by atoms with Gasteiger partial charge >= 0.3 is 0 Å². The SMILES string of the molecule is Cc1ccc(S(=O)(=O)N2CCC3=C([Si](C)(C)C)C(=O)[C@@]4([Si](C)(C)C)CC=C([Si](C)(C)C)O[C@]324)cc1. The first kappa shape index (κ1) is 26.8. The number of ketones is 1. The van der Waals surface area contributed by atoms with Crippen LogP contribution in [0.15, 0.2) is 51.4 Å². The first-order valence-electron chi connectivity index (χ1n) is 12.6. The molecule has 0 unspecified atom stereocenters. The molecule has 0 radical (unpaired) electrons. The second kappa shape index (κ2) is 7.86. The summed E-state index contributed by atoms with van der Waals surface area (Å²) in [5, 5.41) is 0.966. The first-order chi connectivity index (χ1) is 15.8. The fourth-order valence-corrected chi connectivity index (χ4v) is 14.4. The number of rotatable bonds is 5. The van der Waals surface area contributed by atoms with Gasteiger partial charge in [0.05, 0.1) is 31.5 Å². The molecule has 5 nitrogen and oxygen atoms in total. The fourth-order valence-electron chi connectivity index (χ4n) is 6.37. The van der Waals surface area contributed by atoms with Crippen LogP contribution in [0.4, 0.5) is 0 Å². The van der Waals surface area contributed by atoms with Crippen molar-refractivity contribution in [2.24, 2.45) is 0 Å². The number of ether oxygens (including phenoxy) is 1. The smallest absolute Gasteiger partial charge is 0.246 e. The van der Waals surface area contributed by atoms with E-state index in [-0.39, 0.29) is 10.7 Å². The minimum atomic E-state index is -3.90. The van der Waals surface area contributed by atoms with Crippen LogP contribution in [0.3, 0.4) is 0 Å². The zero-order chi connectivity index (χ0) is 26.4. The van der Waals surface area contributed by atoms with E-state index in [9.17, 15) is 13.2 Å². The molecule has 1 aromatic rings. The summed E-state index contributed by atoms with van der Waals surface area (Å²) in [6.45, 7) is 22.2. The molecule has 0 amide bonds. The molecule has 1 aliphatic carbocycles. The van der Waals surface area contributed by atoms with Gasteiger partial charge in [-0.2, -0.15) is 4.31 Å². The van der Waals surface area contributed by atoms with Crippen molar-refractivity contribution in [3.05, 3.63) is 52.1 Å². The molecule has 0 saturated carbocycles. The standard InChI is InChI=1S/C26H41NO4SSi3/c1-19-11-13-20(14-12-19)32(29,30)27-18-16-21-23(34(5,6)7)24(28)25(35(8,9)10)17-15-22(33(2,3)4)31-26(21,25)27/h11-15H,16-18H2,1-10H3/t25-,26-/m0/s1. The highest BCUT2D eigenvalue weighted by atomic mass is 32.2. The number of carbonyl (C=O) groups is 1. The van der Waals surface area contributed by atoms with Crippen molar-refractivity contribution in [3.63, 3.8) is 0 Å². The number of benzene rings is 1. The normalized spacial score (nSPS) is 28.1. The third kappa shape index (κ3) is 3.59. The molecule has 1 saturated heterocycles. The Bertz CT molecular complexity index is 1250. The molecular formula is C26H41NO4SSi3. The van der Waals surface area contributed by atoms with Crippen molar-refractivity contribution < 1.29 is 17.9 Å². The van der Waals surface area contributed by atoms with Gasteiger partial charge in [0.2, 0.25) is 15.7 Å². The Morgan fingerprint density at radius 1 is 0.914 bits per heavy atom. The first-order valence-corrected chi connectivity index (χ1v) is 24.5. The number of aryl methyl sites for hydroxylation is 1. The molecule has 4 rings (SSSR count). The average molecular weight is 548 g/mol. The molecule has 3 aliphatic rings. The predicted octanol–water partition coefficient (Wildman–Crippen LogP) is 6.10. The van der Waals surface area contributed by atoms with Crippen LogP contribution in [0, 0.1) is 6.92 Å². The lowest BCUT2D eigenvalue weighted by Gasteiger charge is -2.56. The molecule has 0 N–H and O–H groups in total. The number of nitrogens with zero attached hydrogens (tertiary/aromatic N) is 1. The van der Waals surface area contributed by atoms with Gasteiger partial charge in [-0.05, 0) is 42.7 Å². The maximum Gasteiger partial charge on any atom is 0.246 e. The van der Waals surface area contributed by atoms with E-state index in [1.54, 1.807) is 16.4 Å². The Labute approximate surface area is 214 Å². The molecule has 9 heteroatoms. The number of Topliss-reactive ketones (excluding diaryl/α,β-unsaturated/α-hetero) is 1. The Kier molecular flexibility index (Phi) is 6.02. The Morgan fingerprint density at radius 3 is 1.97 bits per heavy atom. The van der Waals surface area contributed by atoms with Gasteiger partial charge in [0, 0.05) is 6.54 Å². The van der Waals surface area contributed by atoms with Gasteiger partial charge < -0.3 is 4.74 Å². The lowest BCUT2D eigenvalue weighted by molar-refractivity contribution is -0.130. The van der Waals surface area contributed by atoms with Gasteiger partial charge in [-0.3, -0.25) is 4.79 Å². The summed E-state index contributed by atoms with van der Waals surface area (Å²) in [5.74, 6) is 0.167. The van der Waals surface area contributed by atoms with Gasteiger partial charge in [-0.15, -0.1) is 0 Å². The van der Waals surface area contributed by atoms with Gasteiger partial charge in [-0.1, -0.05) is 82.7 Å². The van der Waals surface area contributed by atoms with Gasteiger partial charge in [0.15, 0.2) is 5.78 Å². The monoisotopic (exact) mass is 547 g/mol. The maximum atomic E-state index is 14.7. The van der Waals surface area contributed by atoms with Crippen LogP contribution < -0.4 is 0 Å². The highest BCUT2D eigenvalue weighted by Gasteiger charge is 2.78. The molecule has 1 fully saturated rings. The summed E-state index contributed by atoms with van der Waals surface area (Å²) < 4.78 is 37.4. The lowest BCUT2D eigenvalue weighted by Crippen LogP contribution is -2.66. The summed E-state index contributed by atoms with van der Waals surface area (Å²) in [4.78, 5) is 14.9. The topological polar surface area (TPSA) is 63.7 Å². The van der Waals surface area contributed by atoms with E-state index in [0.29, 0.717) is 19.4 Å². The summed E-state index contributed by atoms with van der Waals surface area (Å²) in [7, 11) is -10.3. The average Bonchev–Trinajstić information content (AvgIpc) is 3.15.